The fourth-order valence-corrected chi connectivity index (χ4v) is 0.951. The number of hydrogen-bond donors (Lipinski definition) is 0. The van der Waals surface area contributed by atoms with Gasteiger partial charge in [0.1, 0.15) is 0 Å². The van der Waals surface area contributed by atoms with Crippen molar-refractivity contribution in [1.82, 2.24) is 10.6 Å². The molecular formula is C6H12N2O. The van der Waals surface area contributed by atoms with E-state index in [0.717, 1.165) is 26.3 Å². The molecule has 0 bridgehead atoms. The first-order valence-corrected chi connectivity index (χ1v) is 3.30. The van der Waals surface area contributed by atoms with Crippen molar-refractivity contribution in [1.29, 1.82) is 0 Å². The predicted molar refractivity (Wildman–Crippen MR) is 34.0 cm³/mol. The van der Waals surface area contributed by atoms with E-state index in [1.807, 2.05) is 4.90 Å². The molecule has 0 amide bonds. The van der Waals surface area contributed by atoms with E-state index in [2.05, 4.69) is 0 Å². The summed E-state index contributed by atoms with van der Waals surface area (Å²) in [5.74, 6) is 0. The van der Waals surface area contributed by atoms with Crippen LogP contribution in [0.1, 0.15) is 6.92 Å². The molecule has 3 nitrogen and oxygen atoms in total. The molecular weight excluding hydrogens is 116 g/mol. The highest BCUT2D eigenvalue weighted by atomic mass is 16.5. The van der Waals surface area contributed by atoms with Gasteiger partial charge in [0.25, 0.3) is 0 Å². The average Bonchev–Trinajstić information content (AvgIpc) is 1.90. The second kappa shape index (κ2) is 3.15. The second-order valence-electron chi connectivity index (χ2n) is 2.28. The fourth-order valence-electron chi connectivity index (χ4n) is 0.951. The first kappa shape index (κ1) is 6.99. The van der Waals surface area contributed by atoms with Crippen molar-refractivity contribution in [2.45, 2.75) is 13.1 Å². The Morgan fingerprint density at radius 2 is 2.00 bits per heavy atom. The van der Waals surface area contributed by atoms with E-state index in [0.29, 0.717) is 0 Å². The van der Waals surface area contributed by atoms with E-state index in [4.69, 9.17) is 10.5 Å². The number of ether oxygens (including phenoxy) is 1. The molecule has 9 heavy (non-hydrogen) atoms. The molecule has 1 aliphatic rings. The number of morpholine rings is 1. The Morgan fingerprint density at radius 1 is 1.44 bits per heavy atom. The Labute approximate surface area is 55.8 Å². The van der Waals surface area contributed by atoms with Crippen LogP contribution in [0.2, 0.25) is 0 Å². The molecule has 0 aromatic heterocycles. The van der Waals surface area contributed by atoms with Gasteiger partial charge in [-0.05, 0) is 6.92 Å². The third-order valence-corrected chi connectivity index (χ3v) is 1.57. The molecule has 0 aromatic carbocycles. The van der Waals surface area contributed by atoms with Gasteiger partial charge in [-0.15, -0.1) is 5.73 Å². The van der Waals surface area contributed by atoms with Crippen LogP contribution >= 0.6 is 0 Å². The molecule has 1 fully saturated rings. The summed E-state index contributed by atoms with van der Waals surface area (Å²) in [6.07, 6.45) is -0.311. The van der Waals surface area contributed by atoms with Gasteiger partial charge in [0, 0.05) is 13.1 Å². The van der Waals surface area contributed by atoms with E-state index >= 15 is 0 Å². The maximum absolute atomic E-state index is 9.05. The lowest BCUT2D eigenvalue weighted by atomic mass is 10.4. The third-order valence-electron chi connectivity index (χ3n) is 1.57. The normalized spacial score (nSPS) is 26.0. The molecule has 1 rings (SSSR count). The van der Waals surface area contributed by atoms with Gasteiger partial charge in [-0.25, -0.2) is 0 Å². The molecule has 1 atom stereocenters. The maximum atomic E-state index is 9.05. The fraction of sp³-hybridized carbons (Fsp3) is 1.00. The first-order chi connectivity index (χ1) is 4.30. The van der Waals surface area contributed by atoms with Crippen molar-refractivity contribution in [3.05, 3.63) is 0 Å². The zero-order chi connectivity index (χ0) is 6.69. The van der Waals surface area contributed by atoms with Crippen LogP contribution in [0, 0.1) is 0 Å². The zero-order valence-corrected chi connectivity index (χ0v) is 5.71. The monoisotopic (exact) mass is 128 g/mol. The van der Waals surface area contributed by atoms with E-state index < -0.39 is 0 Å². The van der Waals surface area contributed by atoms with Gasteiger partial charge in [0.15, 0.2) is 0 Å². The molecule has 0 N–H and O–H groups in total. The lowest BCUT2D eigenvalue weighted by Gasteiger charge is -2.28. The summed E-state index contributed by atoms with van der Waals surface area (Å²) in [5, 5.41) is 0. The van der Waals surface area contributed by atoms with Gasteiger partial charge in [-0.1, -0.05) is 0 Å². The first-order valence-electron chi connectivity index (χ1n) is 3.30. The smallest absolute Gasteiger partial charge is 0.0924 e. The SMILES string of the molecule is CC([N])N1CCOCC1. The van der Waals surface area contributed by atoms with Crippen LogP contribution in [-0.4, -0.2) is 37.4 Å². The van der Waals surface area contributed by atoms with E-state index in [1.165, 1.54) is 0 Å². The molecule has 1 aliphatic heterocycles. The Kier molecular flexibility index (Phi) is 2.45. The molecule has 0 aromatic rings. The minimum atomic E-state index is -0.311. The minimum Gasteiger partial charge on any atom is -0.379 e. The van der Waals surface area contributed by atoms with Crippen molar-refractivity contribution in [3.63, 3.8) is 0 Å². The van der Waals surface area contributed by atoms with Crippen LogP contribution in [0.3, 0.4) is 0 Å². The number of hydrogen-bond acceptors (Lipinski definition) is 2. The predicted octanol–water partition coefficient (Wildman–Crippen LogP) is -0.267. The number of nitrogens with zero attached hydrogens (tertiary/aromatic N) is 2. The Bertz CT molecular complexity index is 79.1. The summed E-state index contributed by atoms with van der Waals surface area (Å²) >= 11 is 0. The molecule has 52 valence electrons. The molecule has 0 aliphatic carbocycles. The van der Waals surface area contributed by atoms with Gasteiger partial charge in [0.05, 0.1) is 19.4 Å². The molecule has 0 spiro atoms. The van der Waals surface area contributed by atoms with Crippen LogP contribution in [0.4, 0.5) is 0 Å². The molecule has 2 radical (unpaired) electrons. The highest BCUT2D eigenvalue weighted by Gasteiger charge is 2.13. The molecule has 0 saturated carbocycles. The van der Waals surface area contributed by atoms with E-state index in [-0.39, 0.29) is 6.17 Å². The summed E-state index contributed by atoms with van der Waals surface area (Å²) in [6, 6.07) is 0. The zero-order valence-electron chi connectivity index (χ0n) is 5.71. The largest absolute Gasteiger partial charge is 0.379 e. The average molecular weight is 128 g/mol. The van der Waals surface area contributed by atoms with Crippen molar-refractivity contribution in [3.8, 4) is 0 Å². The molecule has 3 heteroatoms. The van der Waals surface area contributed by atoms with Gasteiger partial charge in [0.2, 0.25) is 0 Å². The highest BCUT2D eigenvalue weighted by molar-refractivity contribution is 4.63. The second-order valence-corrected chi connectivity index (χ2v) is 2.28. The topological polar surface area (TPSA) is 34.8 Å². The Balaban J connectivity index is 2.23. The van der Waals surface area contributed by atoms with Crippen LogP contribution in [0.5, 0.6) is 0 Å². The van der Waals surface area contributed by atoms with Gasteiger partial charge >= 0.3 is 0 Å². The standard InChI is InChI=1S/C6H12N2O/c1-6(7)8-2-4-9-5-3-8/h6H,2-5H2,1H3. The lowest BCUT2D eigenvalue weighted by Crippen LogP contribution is -2.42. The molecule has 1 saturated heterocycles. The summed E-state index contributed by atoms with van der Waals surface area (Å²) < 4.78 is 5.10. The highest BCUT2D eigenvalue weighted by Crippen LogP contribution is 1.98. The van der Waals surface area contributed by atoms with Crippen molar-refractivity contribution in [2.75, 3.05) is 26.3 Å². The van der Waals surface area contributed by atoms with Gasteiger partial charge in [-0.3, -0.25) is 4.90 Å². The minimum absolute atomic E-state index is 0.311. The summed E-state index contributed by atoms with van der Waals surface area (Å²) in [7, 11) is 0. The lowest BCUT2D eigenvalue weighted by molar-refractivity contribution is 0.0200. The summed E-state index contributed by atoms with van der Waals surface area (Å²) in [4.78, 5) is 1.99. The van der Waals surface area contributed by atoms with Crippen LogP contribution in [0.15, 0.2) is 0 Å². The van der Waals surface area contributed by atoms with E-state index in [1.54, 1.807) is 6.92 Å². The summed E-state index contributed by atoms with van der Waals surface area (Å²) in [6.45, 7) is 5.01. The van der Waals surface area contributed by atoms with Crippen LogP contribution < -0.4 is 5.73 Å². The van der Waals surface area contributed by atoms with Crippen LogP contribution in [-0.2, 0) is 4.74 Å². The number of rotatable bonds is 1. The summed E-state index contributed by atoms with van der Waals surface area (Å²) in [5.41, 5.74) is 9.05. The van der Waals surface area contributed by atoms with Crippen molar-refractivity contribution < 1.29 is 4.74 Å². The third kappa shape index (κ3) is 1.93. The quantitative estimate of drug-likeness (QED) is 0.487. The van der Waals surface area contributed by atoms with E-state index in [9.17, 15) is 0 Å². The van der Waals surface area contributed by atoms with Gasteiger partial charge < -0.3 is 4.74 Å². The molecule has 1 heterocycles. The Hall–Kier alpha value is -0.120. The Morgan fingerprint density at radius 3 is 2.33 bits per heavy atom. The maximum Gasteiger partial charge on any atom is 0.0924 e. The van der Waals surface area contributed by atoms with Crippen molar-refractivity contribution >= 4 is 0 Å². The van der Waals surface area contributed by atoms with Crippen molar-refractivity contribution in [2.24, 2.45) is 0 Å². The van der Waals surface area contributed by atoms with Crippen LogP contribution in [0.25, 0.3) is 0 Å². The molecule has 1 unspecified atom stereocenters. The van der Waals surface area contributed by atoms with Gasteiger partial charge in [-0.2, -0.15) is 0 Å².